The number of hydrogen-bond acceptors (Lipinski definition) is 2. The molecule has 0 saturated carbocycles. The lowest BCUT2D eigenvalue weighted by molar-refractivity contribution is 0.660. The Morgan fingerprint density at radius 1 is 0.263 bits per heavy atom. The average molecular weight is 977 g/mol. The zero-order valence-corrected chi connectivity index (χ0v) is 44.1. The van der Waals surface area contributed by atoms with Crippen LogP contribution in [0.2, 0.25) is 0 Å². The van der Waals surface area contributed by atoms with Gasteiger partial charge in [-0.1, -0.05) is 221 Å². The van der Waals surface area contributed by atoms with E-state index in [4.69, 9.17) is 0 Å². The van der Waals surface area contributed by atoms with Gasteiger partial charge in [-0.3, -0.25) is 0 Å². The first-order valence-electron chi connectivity index (χ1n) is 26.7. The molecule has 2 aliphatic rings. The lowest BCUT2D eigenvalue weighted by Gasteiger charge is -2.28. The number of fused-ring (bicyclic) bond motifs is 8. The molecule has 0 aromatic heterocycles. The van der Waals surface area contributed by atoms with Crippen LogP contribution in [0, 0.1) is 13.8 Å². The van der Waals surface area contributed by atoms with Crippen LogP contribution in [0.25, 0.3) is 68.1 Å². The summed E-state index contributed by atoms with van der Waals surface area (Å²) in [5.41, 5.74) is 24.5. The van der Waals surface area contributed by atoms with Crippen molar-refractivity contribution in [3.63, 3.8) is 0 Å². The summed E-state index contributed by atoms with van der Waals surface area (Å²) in [5, 5.41) is 4.95. The SMILES string of the molecule is Cc1ccc(N(c2ccc3c(c2)C(C)(C)c2cc(C=Cc4ccc(C=Cc5ccc6c(c5)C(C)(C)c5cc(N(c7ccc(C)cc7)c7ccc8ccccc8c7)ccc5-6)cc4)ccc2-3)c2ccc3ccccc3c2)cc1. The Morgan fingerprint density at radius 2 is 0.553 bits per heavy atom. The molecule has 0 atom stereocenters. The van der Waals surface area contributed by atoms with E-state index in [0.29, 0.717) is 0 Å². The molecule has 76 heavy (non-hydrogen) atoms. The molecule has 0 aliphatic heterocycles. The second kappa shape index (κ2) is 18.4. The second-order valence-electron chi connectivity index (χ2n) is 22.1. The molecule has 0 spiro atoms. The standard InChI is InChI=1S/C74H60N2/c1-49-15-31-59(32-16-49)75(61-35-29-55-11-7-9-13-57(55)45-61)63-37-41-67-65-39-27-53(43-69(65)73(3,4)71(67)47-63)25-23-51-19-21-52(22-20-51)24-26-54-28-40-66-68-42-38-64(48-72(68)74(5,6)70(66)44-54)76(60-33-17-50(2)18-34-60)62-36-30-56-12-8-10-14-58(56)46-62/h7-48H,1-6H3. The molecule has 0 saturated heterocycles. The van der Waals surface area contributed by atoms with Crippen molar-refractivity contribution in [2.45, 2.75) is 52.4 Å². The van der Waals surface area contributed by atoms with Gasteiger partial charge in [0, 0.05) is 45.0 Å². The first-order valence-corrected chi connectivity index (χ1v) is 26.7. The van der Waals surface area contributed by atoms with Crippen LogP contribution in [0.15, 0.2) is 231 Å². The topological polar surface area (TPSA) is 6.48 Å². The molecular weight excluding hydrogens is 917 g/mol. The zero-order valence-electron chi connectivity index (χ0n) is 44.1. The van der Waals surface area contributed by atoms with Crippen LogP contribution < -0.4 is 9.80 Å². The van der Waals surface area contributed by atoms with Gasteiger partial charge in [0.2, 0.25) is 0 Å². The first-order chi connectivity index (χ1) is 36.9. The molecule has 0 amide bonds. The van der Waals surface area contributed by atoms with Gasteiger partial charge in [-0.05, 0) is 175 Å². The van der Waals surface area contributed by atoms with Crippen LogP contribution in [-0.4, -0.2) is 0 Å². The highest BCUT2D eigenvalue weighted by Crippen LogP contribution is 2.53. The number of benzene rings is 11. The third-order valence-corrected chi connectivity index (χ3v) is 16.3. The van der Waals surface area contributed by atoms with Crippen molar-refractivity contribution in [1.29, 1.82) is 0 Å². The third-order valence-electron chi connectivity index (χ3n) is 16.3. The molecule has 0 N–H and O–H groups in total. The van der Waals surface area contributed by atoms with Crippen LogP contribution >= 0.6 is 0 Å². The molecule has 366 valence electrons. The van der Waals surface area contributed by atoms with Gasteiger partial charge in [0.15, 0.2) is 0 Å². The van der Waals surface area contributed by atoms with Gasteiger partial charge in [0.25, 0.3) is 0 Å². The average Bonchev–Trinajstić information content (AvgIpc) is 4.00. The Labute approximate surface area is 448 Å². The molecule has 0 unspecified atom stereocenters. The van der Waals surface area contributed by atoms with Gasteiger partial charge >= 0.3 is 0 Å². The Hall–Kier alpha value is -8.98. The van der Waals surface area contributed by atoms with Crippen molar-refractivity contribution in [3.05, 3.63) is 286 Å². The fourth-order valence-corrected chi connectivity index (χ4v) is 12.0. The van der Waals surface area contributed by atoms with E-state index in [1.165, 1.54) is 99.4 Å². The molecular formula is C74H60N2. The summed E-state index contributed by atoms with van der Waals surface area (Å²) < 4.78 is 0. The third kappa shape index (κ3) is 8.32. The van der Waals surface area contributed by atoms with Crippen molar-refractivity contribution >= 4 is 80.0 Å². The minimum atomic E-state index is -0.175. The van der Waals surface area contributed by atoms with Crippen molar-refractivity contribution in [2.75, 3.05) is 9.80 Å². The van der Waals surface area contributed by atoms with Crippen molar-refractivity contribution in [1.82, 2.24) is 0 Å². The largest absolute Gasteiger partial charge is 0.310 e. The molecule has 2 heteroatoms. The monoisotopic (exact) mass is 976 g/mol. The lowest BCUT2D eigenvalue weighted by atomic mass is 9.81. The summed E-state index contributed by atoms with van der Waals surface area (Å²) in [6.07, 6.45) is 8.98. The molecule has 0 heterocycles. The predicted molar refractivity (Wildman–Crippen MR) is 326 cm³/mol. The minimum absolute atomic E-state index is 0.175. The number of aryl methyl sites for hydroxylation is 2. The quantitative estimate of drug-likeness (QED) is 0.126. The van der Waals surface area contributed by atoms with Gasteiger partial charge in [0.1, 0.15) is 0 Å². The fraction of sp³-hybridized carbons (Fsp3) is 0.108. The van der Waals surface area contributed by atoms with E-state index in [-0.39, 0.29) is 10.8 Å². The van der Waals surface area contributed by atoms with Gasteiger partial charge in [-0.2, -0.15) is 0 Å². The maximum Gasteiger partial charge on any atom is 0.0468 e. The fourth-order valence-electron chi connectivity index (χ4n) is 12.0. The van der Waals surface area contributed by atoms with Gasteiger partial charge in [-0.15, -0.1) is 0 Å². The smallest absolute Gasteiger partial charge is 0.0468 e. The molecule has 2 aliphatic carbocycles. The van der Waals surface area contributed by atoms with Gasteiger partial charge in [-0.25, -0.2) is 0 Å². The number of rotatable bonds is 10. The summed E-state index contributed by atoms with van der Waals surface area (Å²) in [6.45, 7) is 13.8. The summed E-state index contributed by atoms with van der Waals surface area (Å²) >= 11 is 0. The minimum Gasteiger partial charge on any atom is -0.310 e. The second-order valence-corrected chi connectivity index (χ2v) is 22.1. The normalized spacial score (nSPS) is 13.8. The zero-order chi connectivity index (χ0) is 51.7. The number of nitrogens with zero attached hydrogens (tertiary/aromatic N) is 2. The van der Waals surface area contributed by atoms with Crippen molar-refractivity contribution < 1.29 is 0 Å². The molecule has 2 nitrogen and oxygen atoms in total. The first kappa shape index (κ1) is 46.8. The van der Waals surface area contributed by atoms with Gasteiger partial charge < -0.3 is 9.80 Å². The summed E-state index contributed by atoms with van der Waals surface area (Å²) in [5.74, 6) is 0. The van der Waals surface area contributed by atoms with Crippen LogP contribution in [0.1, 0.15) is 83.3 Å². The Bertz CT molecular complexity index is 3840. The van der Waals surface area contributed by atoms with E-state index in [1.807, 2.05) is 0 Å². The van der Waals surface area contributed by atoms with E-state index in [0.717, 1.165) is 34.1 Å². The molecule has 0 bridgehead atoms. The van der Waals surface area contributed by atoms with E-state index < -0.39 is 0 Å². The Balaban J connectivity index is 0.721. The maximum absolute atomic E-state index is 2.42. The van der Waals surface area contributed by atoms with Crippen LogP contribution in [0.3, 0.4) is 0 Å². The number of anilines is 6. The Morgan fingerprint density at radius 3 is 0.947 bits per heavy atom. The van der Waals surface area contributed by atoms with E-state index in [9.17, 15) is 0 Å². The van der Waals surface area contributed by atoms with Crippen LogP contribution in [0.4, 0.5) is 34.1 Å². The molecule has 11 aromatic rings. The highest BCUT2D eigenvalue weighted by molar-refractivity contribution is 5.93. The maximum atomic E-state index is 2.42. The van der Waals surface area contributed by atoms with E-state index >= 15 is 0 Å². The molecule has 0 fully saturated rings. The lowest BCUT2D eigenvalue weighted by Crippen LogP contribution is -2.16. The highest BCUT2D eigenvalue weighted by atomic mass is 15.1. The van der Waals surface area contributed by atoms with E-state index in [2.05, 4.69) is 306 Å². The summed E-state index contributed by atoms with van der Waals surface area (Å²) in [7, 11) is 0. The highest BCUT2D eigenvalue weighted by Gasteiger charge is 2.37. The predicted octanol–water partition coefficient (Wildman–Crippen LogP) is 20.5. The van der Waals surface area contributed by atoms with Crippen LogP contribution in [0.5, 0.6) is 0 Å². The summed E-state index contributed by atoms with van der Waals surface area (Å²) in [6, 6.07) is 85.5. The van der Waals surface area contributed by atoms with Crippen molar-refractivity contribution in [3.8, 4) is 22.3 Å². The molecule has 11 aromatic carbocycles. The van der Waals surface area contributed by atoms with Gasteiger partial charge in [0.05, 0.1) is 0 Å². The number of hydrogen-bond donors (Lipinski definition) is 0. The van der Waals surface area contributed by atoms with E-state index in [1.54, 1.807) is 0 Å². The van der Waals surface area contributed by atoms with Crippen LogP contribution in [-0.2, 0) is 10.8 Å². The van der Waals surface area contributed by atoms with Crippen molar-refractivity contribution in [2.24, 2.45) is 0 Å². The summed E-state index contributed by atoms with van der Waals surface area (Å²) in [4.78, 5) is 4.80. The Kier molecular flexibility index (Phi) is 11.4. The molecule has 0 radical (unpaired) electrons. The molecule has 13 rings (SSSR count).